The minimum atomic E-state index is -0.885. The fourth-order valence-corrected chi connectivity index (χ4v) is 8.78. The summed E-state index contributed by atoms with van der Waals surface area (Å²) in [6, 6.07) is 9.68. The van der Waals surface area contributed by atoms with Crippen molar-refractivity contribution in [2.45, 2.75) is 75.3 Å². The van der Waals surface area contributed by atoms with Crippen LogP contribution in [0.1, 0.15) is 44.6 Å². The van der Waals surface area contributed by atoms with Gasteiger partial charge in [0, 0.05) is 37.2 Å². The second kappa shape index (κ2) is 10.1. The zero-order chi connectivity index (χ0) is 30.4. The zero-order valence-electron chi connectivity index (χ0n) is 25.2. The quantitative estimate of drug-likeness (QED) is 0.325. The average molecular weight is 615 g/mol. The van der Waals surface area contributed by atoms with E-state index in [9.17, 15) is 9.50 Å². The maximum Gasteiger partial charge on any atom is 0.319 e. The summed E-state index contributed by atoms with van der Waals surface area (Å²) in [4.78, 5) is 18.8. The number of nitrogens with zero attached hydrogens (tertiary/aromatic N) is 5. The van der Waals surface area contributed by atoms with Crippen LogP contribution in [-0.2, 0) is 6.42 Å². The van der Waals surface area contributed by atoms with Crippen LogP contribution in [0, 0.1) is 5.82 Å². The third kappa shape index (κ3) is 4.19. The number of hydrogen-bond acceptors (Lipinski definition) is 9. The molecule has 45 heavy (non-hydrogen) atoms. The monoisotopic (exact) mass is 614 g/mol. The first-order chi connectivity index (χ1) is 21.9. The molecule has 0 spiro atoms. The minimum Gasteiger partial charge on any atom is -0.508 e. The smallest absolute Gasteiger partial charge is 0.319 e. The van der Waals surface area contributed by atoms with Crippen LogP contribution in [0.3, 0.4) is 0 Å². The molecule has 0 saturated carbocycles. The molecule has 4 saturated heterocycles. The highest BCUT2D eigenvalue weighted by Gasteiger charge is 2.50. The molecule has 0 aliphatic carbocycles. The van der Waals surface area contributed by atoms with Crippen molar-refractivity contribution in [1.29, 1.82) is 0 Å². The van der Waals surface area contributed by atoms with Gasteiger partial charge in [-0.1, -0.05) is 25.1 Å². The van der Waals surface area contributed by atoms with Crippen molar-refractivity contribution >= 4 is 27.5 Å². The molecule has 4 fully saturated rings. The Morgan fingerprint density at radius 2 is 2.07 bits per heavy atom. The number of pyridine rings is 1. The Kier molecular flexibility index (Phi) is 6.16. The standard InChI is InChI=1S/C34H36F2N6O3/c1-2-18-5-3-6-19-11-22(43)12-23(26(18)19)29-28(36)30-27-31(42-15-21-7-8-24(37-21)25(42)16-44-32(27)38-29)40-33(39-30)45-17-34-9-4-10-41(34)14-20(35)13-34/h3,5-6,11-12,20-21,24-25,37,43H,2,4,7-10,13-17H2,1H3/t20-,21-,24+,25-,34-/m1/s1. The number of ether oxygens (including phenoxy) is 2. The van der Waals surface area contributed by atoms with E-state index in [0.717, 1.165) is 55.0 Å². The molecule has 2 aromatic heterocycles. The number of phenolic OH excluding ortho intramolecular Hbond substituents is 1. The number of aromatic hydroxyl groups is 1. The molecule has 2 aromatic carbocycles. The first kappa shape index (κ1) is 27.5. The van der Waals surface area contributed by atoms with Crippen molar-refractivity contribution < 1.29 is 23.4 Å². The maximum absolute atomic E-state index is 17.0. The summed E-state index contributed by atoms with van der Waals surface area (Å²) in [5, 5.41) is 16.5. The van der Waals surface area contributed by atoms with E-state index in [2.05, 4.69) is 20.1 Å². The van der Waals surface area contributed by atoms with E-state index in [1.54, 1.807) is 12.1 Å². The number of aryl methyl sites for hydroxylation is 1. The molecule has 2 bridgehead atoms. The number of halogens is 2. The largest absolute Gasteiger partial charge is 0.508 e. The van der Waals surface area contributed by atoms with Crippen LogP contribution in [0.25, 0.3) is 32.9 Å². The molecule has 0 amide bonds. The maximum atomic E-state index is 17.0. The molecule has 5 aliphatic rings. The lowest BCUT2D eigenvalue weighted by Crippen LogP contribution is -2.60. The Balaban J connectivity index is 1.24. The van der Waals surface area contributed by atoms with Crippen LogP contribution < -0.4 is 19.7 Å². The number of anilines is 1. The second-order valence-electron chi connectivity index (χ2n) is 13.4. The van der Waals surface area contributed by atoms with E-state index in [4.69, 9.17) is 19.4 Å². The summed E-state index contributed by atoms with van der Waals surface area (Å²) < 4.78 is 44.3. The molecule has 0 radical (unpaired) electrons. The molecule has 5 aliphatic heterocycles. The lowest BCUT2D eigenvalue weighted by molar-refractivity contribution is 0.107. The molecule has 2 N–H and O–H groups in total. The summed E-state index contributed by atoms with van der Waals surface area (Å²) in [5.74, 6) is 0.240. The molecule has 9 rings (SSSR count). The van der Waals surface area contributed by atoms with E-state index in [1.165, 1.54) is 0 Å². The predicted octanol–water partition coefficient (Wildman–Crippen LogP) is 4.91. The molecule has 11 heteroatoms. The summed E-state index contributed by atoms with van der Waals surface area (Å²) in [6.07, 6.45) is 4.18. The van der Waals surface area contributed by atoms with E-state index in [-0.39, 0.29) is 47.5 Å². The Morgan fingerprint density at radius 3 is 2.96 bits per heavy atom. The fourth-order valence-electron chi connectivity index (χ4n) is 8.78. The lowest BCUT2D eigenvalue weighted by Gasteiger charge is -2.40. The summed E-state index contributed by atoms with van der Waals surface area (Å²) in [7, 11) is 0. The summed E-state index contributed by atoms with van der Waals surface area (Å²) in [6.45, 7) is 4.63. The summed E-state index contributed by atoms with van der Waals surface area (Å²) >= 11 is 0. The van der Waals surface area contributed by atoms with Gasteiger partial charge in [0.05, 0.1) is 11.6 Å². The molecule has 5 atom stereocenters. The second-order valence-corrected chi connectivity index (χ2v) is 13.4. The van der Waals surface area contributed by atoms with Crippen molar-refractivity contribution in [1.82, 2.24) is 25.2 Å². The predicted molar refractivity (Wildman–Crippen MR) is 166 cm³/mol. The van der Waals surface area contributed by atoms with Gasteiger partial charge in [-0.05, 0) is 67.1 Å². The van der Waals surface area contributed by atoms with Gasteiger partial charge in [0.2, 0.25) is 5.88 Å². The Bertz CT molecular complexity index is 1860. The minimum absolute atomic E-state index is 0.0187. The number of aromatic nitrogens is 3. The third-order valence-electron chi connectivity index (χ3n) is 10.8. The van der Waals surface area contributed by atoms with Crippen LogP contribution in [0.4, 0.5) is 14.6 Å². The highest BCUT2D eigenvalue weighted by molar-refractivity contribution is 6.03. The van der Waals surface area contributed by atoms with Gasteiger partial charge in [0.15, 0.2) is 5.82 Å². The first-order valence-electron chi connectivity index (χ1n) is 16.2. The lowest BCUT2D eigenvalue weighted by atomic mass is 9.95. The van der Waals surface area contributed by atoms with Gasteiger partial charge >= 0.3 is 6.01 Å². The van der Waals surface area contributed by atoms with Gasteiger partial charge in [0.1, 0.15) is 47.5 Å². The molecular weight excluding hydrogens is 578 g/mol. The van der Waals surface area contributed by atoms with Gasteiger partial charge in [0.25, 0.3) is 0 Å². The number of rotatable bonds is 5. The van der Waals surface area contributed by atoms with Crippen molar-refractivity contribution in [2.75, 3.05) is 37.7 Å². The fraction of sp³-hybridized carbons (Fsp3) is 0.500. The Labute approximate surface area is 259 Å². The van der Waals surface area contributed by atoms with Crippen molar-refractivity contribution in [3.05, 3.63) is 41.7 Å². The summed E-state index contributed by atoms with van der Waals surface area (Å²) in [5.41, 5.74) is 1.24. The number of benzene rings is 2. The molecule has 9 nitrogen and oxygen atoms in total. The zero-order valence-corrected chi connectivity index (χ0v) is 25.2. The highest BCUT2D eigenvalue weighted by atomic mass is 19.1. The van der Waals surface area contributed by atoms with Crippen molar-refractivity contribution in [3.8, 4) is 28.9 Å². The van der Waals surface area contributed by atoms with Crippen molar-refractivity contribution in [2.24, 2.45) is 0 Å². The van der Waals surface area contributed by atoms with E-state index in [1.807, 2.05) is 25.1 Å². The van der Waals surface area contributed by atoms with E-state index >= 15 is 4.39 Å². The molecule has 7 heterocycles. The molecule has 234 valence electrons. The van der Waals surface area contributed by atoms with Crippen LogP contribution in [0.2, 0.25) is 0 Å². The molecular formula is C34H36F2N6O3. The number of nitrogens with one attached hydrogen (secondary N) is 1. The van der Waals surface area contributed by atoms with Crippen molar-refractivity contribution in [3.63, 3.8) is 0 Å². The number of fused-ring (bicyclic) bond motifs is 7. The highest BCUT2D eigenvalue weighted by Crippen LogP contribution is 2.45. The van der Waals surface area contributed by atoms with Crippen LogP contribution in [-0.4, -0.2) is 87.6 Å². The molecule has 4 aromatic rings. The number of alkyl halides is 1. The molecule has 0 unspecified atom stereocenters. The Morgan fingerprint density at radius 1 is 1.16 bits per heavy atom. The normalized spacial score (nSPS) is 28.7. The number of phenols is 1. The SMILES string of the molecule is CCc1cccc2cc(O)cc(-c3nc4c5c(nc(OC[C@]67CCCN6C[C@H](F)C7)nc5c3F)N3C[C@H]5CC[C@H](N5)[C@H]3CO4)c12. The van der Waals surface area contributed by atoms with Gasteiger partial charge in [-0.2, -0.15) is 9.97 Å². The van der Waals surface area contributed by atoms with Gasteiger partial charge in [-0.3, -0.25) is 4.90 Å². The Hall–Kier alpha value is -3.83. The topological polar surface area (TPSA) is 95.9 Å². The van der Waals surface area contributed by atoms with Gasteiger partial charge < -0.3 is 24.8 Å². The third-order valence-corrected chi connectivity index (χ3v) is 10.8. The van der Waals surface area contributed by atoms with Crippen LogP contribution in [0.5, 0.6) is 17.6 Å². The average Bonchev–Trinajstić information content (AvgIpc) is 3.67. The van der Waals surface area contributed by atoms with E-state index < -0.39 is 17.5 Å². The first-order valence-corrected chi connectivity index (χ1v) is 16.2. The number of hydrogen-bond donors (Lipinski definition) is 2. The van der Waals surface area contributed by atoms with Crippen LogP contribution >= 0.6 is 0 Å². The van der Waals surface area contributed by atoms with Crippen LogP contribution in [0.15, 0.2) is 30.3 Å². The van der Waals surface area contributed by atoms with Gasteiger partial charge in [-0.25, -0.2) is 13.8 Å². The van der Waals surface area contributed by atoms with E-state index in [0.29, 0.717) is 48.9 Å². The number of piperazine rings is 1. The van der Waals surface area contributed by atoms with Gasteiger partial charge in [-0.15, -0.1) is 0 Å².